The van der Waals surface area contributed by atoms with Gasteiger partial charge in [0.05, 0.1) is 0 Å². The molecule has 0 unspecified atom stereocenters. The molecular weight excluding hydrogens is 621 g/mol. The van der Waals surface area contributed by atoms with E-state index in [9.17, 15) is 9.59 Å². The largest absolute Gasteiger partial charge is 0.368 e. The van der Waals surface area contributed by atoms with E-state index in [-0.39, 0.29) is 11.1 Å². The van der Waals surface area contributed by atoms with E-state index in [1.165, 1.54) is 186 Å². The molecule has 50 heavy (non-hydrogen) atoms. The summed E-state index contributed by atoms with van der Waals surface area (Å²) in [6.07, 6.45) is 42.9. The van der Waals surface area contributed by atoms with E-state index in [0.29, 0.717) is 23.8 Å². The van der Waals surface area contributed by atoms with Gasteiger partial charge in [-0.3, -0.25) is 14.8 Å². The van der Waals surface area contributed by atoms with Crippen LogP contribution in [0.3, 0.4) is 0 Å². The molecule has 0 saturated heterocycles. The minimum Gasteiger partial charge on any atom is -0.368 e. The third kappa shape index (κ3) is 22.4. The van der Waals surface area contributed by atoms with Gasteiger partial charge in [-0.1, -0.05) is 206 Å². The Kier molecular flexibility index (Phi) is 27.5. The Labute approximate surface area is 306 Å². The zero-order valence-corrected chi connectivity index (χ0v) is 32.8. The molecule has 0 radical (unpaired) electrons. The lowest BCUT2D eigenvalue weighted by Gasteiger charge is -2.10. The molecule has 0 aliphatic heterocycles. The summed E-state index contributed by atoms with van der Waals surface area (Å²) < 4.78 is 0. The quantitative estimate of drug-likeness (QED) is 0.0526. The van der Waals surface area contributed by atoms with Crippen LogP contribution in [-0.4, -0.2) is 33.0 Å². The van der Waals surface area contributed by atoms with E-state index in [0.717, 1.165) is 25.8 Å². The molecule has 2 aromatic rings. The van der Waals surface area contributed by atoms with Gasteiger partial charge in [-0.2, -0.15) is 4.98 Å². The number of hydrogen-bond donors (Lipinski definition) is 4. The summed E-state index contributed by atoms with van der Waals surface area (Å²) in [7, 11) is 0. The topological polar surface area (TPSA) is 116 Å². The predicted octanol–water partition coefficient (Wildman–Crippen LogP) is 12.4. The molecule has 0 bridgehead atoms. The maximum atomic E-state index is 12.8. The lowest BCUT2D eigenvalue weighted by molar-refractivity contribution is 0.530. The van der Waals surface area contributed by atoms with Gasteiger partial charge >= 0.3 is 5.69 Å². The molecule has 0 aliphatic carbocycles. The van der Waals surface area contributed by atoms with E-state index in [2.05, 4.69) is 44.4 Å². The first-order chi connectivity index (χ1) is 24.7. The van der Waals surface area contributed by atoms with Gasteiger partial charge in [0.2, 0.25) is 5.95 Å². The van der Waals surface area contributed by atoms with E-state index in [1.54, 1.807) is 0 Å². The number of hydrogen-bond acceptors (Lipinski definition) is 6. The van der Waals surface area contributed by atoms with Crippen molar-refractivity contribution in [2.75, 3.05) is 23.7 Å². The Balaban J connectivity index is 1.52. The van der Waals surface area contributed by atoms with Crippen LogP contribution in [0.15, 0.2) is 9.59 Å². The van der Waals surface area contributed by atoms with Gasteiger partial charge in [0.25, 0.3) is 5.56 Å². The van der Waals surface area contributed by atoms with Crippen molar-refractivity contribution >= 4 is 22.8 Å². The Morgan fingerprint density at radius 3 is 1.14 bits per heavy atom. The highest BCUT2D eigenvalue weighted by atomic mass is 16.1. The molecule has 0 spiro atoms. The summed E-state index contributed by atoms with van der Waals surface area (Å²) in [5.41, 5.74) is -0.297. The number of rotatable bonds is 36. The summed E-state index contributed by atoms with van der Waals surface area (Å²) in [5, 5.41) is 6.56. The highest BCUT2D eigenvalue weighted by molar-refractivity contribution is 5.84. The summed E-state index contributed by atoms with van der Waals surface area (Å²) in [6, 6.07) is 0. The van der Waals surface area contributed by atoms with Crippen LogP contribution in [0.2, 0.25) is 0 Å². The fraction of sp³-hybridized carbons (Fsp3) is 0.857. The number of aromatic amines is 2. The smallest absolute Gasteiger partial charge is 0.347 e. The SMILES string of the molecule is CCCCCCCCCCCCCCCCCCNc1nc2c(NCCCCCCCCCCCCCCCCCC)nc(=O)[nH]c2c(=O)[nH]1. The zero-order chi connectivity index (χ0) is 35.7. The molecule has 0 aliphatic rings. The molecule has 2 heterocycles. The predicted molar refractivity (Wildman–Crippen MR) is 217 cm³/mol. The molecule has 288 valence electrons. The van der Waals surface area contributed by atoms with Crippen LogP contribution in [0.25, 0.3) is 11.0 Å². The second-order valence-corrected chi connectivity index (χ2v) is 15.0. The van der Waals surface area contributed by atoms with Gasteiger partial charge in [-0.15, -0.1) is 0 Å². The highest BCUT2D eigenvalue weighted by Gasteiger charge is 2.12. The van der Waals surface area contributed by atoms with E-state index >= 15 is 0 Å². The van der Waals surface area contributed by atoms with Crippen molar-refractivity contribution in [1.29, 1.82) is 0 Å². The fourth-order valence-electron chi connectivity index (χ4n) is 7.02. The summed E-state index contributed by atoms with van der Waals surface area (Å²) in [6.45, 7) is 6.03. The number of fused-ring (bicyclic) bond motifs is 1. The average Bonchev–Trinajstić information content (AvgIpc) is 3.11. The molecule has 8 nitrogen and oxygen atoms in total. The van der Waals surface area contributed by atoms with Crippen molar-refractivity contribution in [3.05, 3.63) is 20.8 Å². The minimum absolute atomic E-state index is 0.174. The van der Waals surface area contributed by atoms with Crippen LogP contribution in [-0.2, 0) is 0 Å². The molecule has 0 aromatic carbocycles. The van der Waals surface area contributed by atoms with E-state index in [4.69, 9.17) is 0 Å². The van der Waals surface area contributed by atoms with Crippen LogP contribution in [0.5, 0.6) is 0 Å². The van der Waals surface area contributed by atoms with E-state index < -0.39 is 5.69 Å². The van der Waals surface area contributed by atoms with Crippen LogP contribution >= 0.6 is 0 Å². The molecular formula is C42H78N6O2. The maximum absolute atomic E-state index is 12.8. The number of nitrogens with one attached hydrogen (secondary N) is 4. The molecule has 0 amide bonds. The van der Waals surface area contributed by atoms with Gasteiger partial charge < -0.3 is 10.6 Å². The van der Waals surface area contributed by atoms with E-state index in [1.807, 2.05) is 0 Å². The molecule has 8 heteroatoms. The molecule has 0 fully saturated rings. The molecule has 2 aromatic heterocycles. The van der Waals surface area contributed by atoms with Gasteiger partial charge in [-0.05, 0) is 12.8 Å². The minimum atomic E-state index is -0.534. The average molecular weight is 699 g/mol. The fourth-order valence-corrected chi connectivity index (χ4v) is 7.02. The first-order valence-corrected chi connectivity index (χ1v) is 21.7. The second-order valence-electron chi connectivity index (χ2n) is 15.0. The van der Waals surface area contributed by atoms with Crippen molar-refractivity contribution in [2.45, 2.75) is 219 Å². The van der Waals surface area contributed by atoms with Gasteiger partial charge in [0.1, 0.15) is 11.0 Å². The zero-order valence-electron chi connectivity index (χ0n) is 32.8. The normalized spacial score (nSPS) is 11.5. The van der Waals surface area contributed by atoms with Crippen molar-refractivity contribution in [3.63, 3.8) is 0 Å². The van der Waals surface area contributed by atoms with Crippen molar-refractivity contribution in [3.8, 4) is 0 Å². The monoisotopic (exact) mass is 699 g/mol. The standard InChI is InChI=1S/C42H78N6O2/c1-3-5-7-9-11-13-15-17-19-21-23-25-27-29-31-33-35-43-39-37-38(46-42(50)47-39)40(49)48-41(45-37)44-36-34-32-30-28-26-24-22-20-18-16-14-12-10-8-6-4-2/h3-36H2,1-2H3,(H2,43,46,47,50)(H2,44,45,48,49). The number of anilines is 2. The number of aromatic nitrogens is 4. The van der Waals surface area contributed by atoms with Gasteiger partial charge in [0, 0.05) is 13.1 Å². The van der Waals surface area contributed by atoms with Gasteiger partial charge in [0.15, 0.2) is 5.82 Å². The molecule has 0 saturated carbocycles. The number of H-pyrrole nitrogens is 2. The summed E-state index contributed by atoms with van der Waals surface area (Å²) in [5.74, 6) is 0.823. The summed E-state index contributed by atoms with van der Waals surface area (Å²) >= 11 is 0. The third-order valence-corrected chi connectivity index (χ3v) is 10.2. The Bertz CT molecular complexity index is 1180. The van der Waals surface area contributed by atoms with Crippen molar-refractivity contribution < 1.29 is 0 Å². The van der Waals surface area contributed by atoms with Gasteiger partial charge in [-0.25, -0.2) is 9.78 Å². The number of unbranched alkanes of at least 4 members (excludes halogenated alkanes) is 30. The first kappa shape index (κ1) is 43.8. The highest BCUT2D eigenvalue weighted by Crippen LogP contribution is 2.17. The van der Waals surface area contributed by atoms with Crippen LogP contribution in [0, 0.1) is 0 Å². The van der Waals surface area contributed by atoms with Crippen LogP contribution in [0.4, 0.5) is 11.8 Å². The number of nitrogens with zero attached hydrogens (tertiary/aromatic N) is 2. The molecule has 2 rings (SSSR count). The maximum Gasteiger partial charge on any atom is 0.347 e. The Hall–Kier alpha value is -2.38. The lowest BCUT2D eigenvalue weighted by atomic mass is 10.0. The van der Waals surface area contributed by atoms with Crippen LogP contribution in [0.1, 0.15) is 219 Å². The van der Waals surface area contributed by atoms with Crippen molar-refractivity contribution in [2.24, 2.45) is 0 Å². The second kappa shape index (κ2) is 31.4. The first-order valence-electron chi connectivity index (χ1n) is 21.7. The molecule has 4 N–H and O–H groups in total. The Morgan fingerprint density at radius 1 is 0.420 bits per heavy atom. The Morgan fingerprint density at radius 2 is 0.760 bits per heavy atom. The third-order valence-electron chi connectivity index (χ3n) is 10.2. The van der Waals surface area contributed by atoms with Crippen LogP contribution < -0.4 is 21.9 Å². The summed E-state index contributed by atoms with van der Waals surface area (Å²) in [4.78, 5) is 39.0. The lowest BCUT2D eigenvalue weighted by Crippen LogP contribution is -2.22. The molecule has 0 atom stereocenters. The van der Waals surface area contributed by atoms with Crippen molar-refractivity contribution in [1.82, 2.24) is 19.9 Å².